The van der Waals surface area contributed by atoms with Crippen LogP contribution in [0.3, 0.4) is 0 Å². The molecule has 0 bridgehead atoms. The Balaban J connectivity index is 1.95. The molecule has 2 unspecified atom stereocenters. The van der Waals surface area contributed by atoms with Gasteiger partial charge in [0.1, 0.15) is 30.8 Å². The summed E-state index contributed by atoms with van der Waals surface area (Å²) >= 11 is 0. The van der Waals surface area contributed by atoms with E-state index >= 15 is 0 Å². The maximum atomic E-state index is 10.1. The van der Waals surface area contributed by atoms with E-state index in [4.69, 9.17) is 0 Å². The van der Waals surface area contributed by atoms with Gasteiger partial charge in [-0.1, -0.05) is 12.1 Å². The first-order valence-electron chi connectivity index (χ1n) is 6.38. The molecule has 0 amide bonds. The SMILES string of the molecule is C=CC(O)C(c1ccc(-n2ccnc2)nc1)n1cncn1. The molecule has 3 aromatic heterocycles. The number of nitrogens with zero attached hydrogens (tertiary/aromatic N) is 6. The second kappa shape index (κ2) is 5.68. The van der Waals surface area contributed by atoms with E-state index in [2.05, 4.69) is 26.6 Å². The average molecular weight is 282 g/mol. The Morgan fingerprint density at radius 1 is 1.24 bits per heavy atom. The normalized spacial score (nSPS) is 13.8. The Kier molecular flexibility index (Phi) is 3.57. The topological polar surface area (TPSA) is 81.6 Å². The van der Waals surface area contributed by atoms with Crippen LogP contribution in [0.2, 0.25) is 0 Å². The first-order chi connectivity index (χ1) is 10.3. The average Bonchev–Trinajstić information content (AvgIpc) is 3.21. The van der Waals surface area contributed by atoms with Crippen LogP contribution in [0.4, 0.5) is 0 Å². The monoisotopic (exact) mass is 282 g/mol. The third-order valence-electron chi connectivity index (χ3n) is 3.17. The van der Waals surface area contributed by atoms with E-state index in [1.165, 1.54) is 12.4 Å². The molecule has 0 aliphatic carbocycles. The molecule has 0 aromatic carbocycles. The lowest BCUT2D eigenvalue weighted by Crippen LogP contribution is -2.24. The van der Waals surface area contributed by atoms with Crippen LogP contribution >= 0.6 is 0 Å². The van der Waals surface area contributed by atoms with Gasteiger partial charge >= 0.3 is 0 Å². The number of rotatable bonds is 5. The van der Waals surface area contributed by atoms with E-state index in [0.717, 1.165) is 11.4 Å². The quantitative estimate of drug-likeness (QED) is 0.706. The molecule has 0 aliphatic rings. The summed E-state index contributed by atoms with van der Waals surface area (Å²) in [5, 5.41) is 14.2. The lowest BCUT2D eigenvalue weighted by atomic mass is 10.0. The van der Waals surface area contributed by atoms with Crippen molar-refractivity contribution in [2.24, 2.45) is 0 Å². The van der Waals surface area contributed by atoms with Crippen LogP contribution in [-0.4, -0.2) is 40.5 Å². The first-order valence-corrected chi connectivity index (χ1v) is 6.38. The zero-order valence-corrected chi connectivity index (χ0v) is 11.2. The Morgan fingerprint density at radius 3 is 2.71 bits per heavy atom. The third kappa shape index (κ3) is 2.59. The van der Waals surface area contributed by atoms with E-state index in [-0.39, 0.29) is 0 Å². The molecule has 7 nitrogen and oxygen atoms in total. The van der Waals surface area contributed by atoms with Crippen LogP contribution in [0, 0.1) is 0 Å². The van der Waals surface area contributed by atoms with Crippen molar-refractivity contribution in [2.45, 2.75) is 12.1 Å². The number of aromatic nitrogens is 6. The van der Waals surface area contributed by atoms with Gasteiger partial charge in [0, 0.05) is 18.6 Å². The van der Waals surface area contributed by atoms with E-state index in [9.17, 15) is 5.11 Å². The highest BCUT2D eigenvalue weighted by atomic mass is 16.3. The fourth-order valence-corrected chi connectivity index (χ4v) is 2.12. The molecule has 3 aromatic rings. The molecular formula is C14H14N6O. The maximum absolute atomic E-state index is 10.1. The standard InChI is InChI=1S/C14H14N6O/c1-2-12(21)14(20-10-16-8-18-20)11-3-4-13(17-7-11)19-6-5-15-9-19/h2-10,12,14,21H,1H2. The number of pyridine rings is 1. The minimum Gasteiger partial charge on any atom is -0.386 e. The van der Waals surface area contributed by atoms with Gasteiger partial charge in [-0.2, -0.15) is 5.10 Å². The molecule has 0 spiro atoms. The predicted octanol–water partition coefficient (Wildman–Crippen LogP) is 0.995. The van der Waals surface area contributed by atoms with Crippen molar-refractivity contribution in [1.82, 2.24) is 29.3 Å². The molecular weight excluding hydrogens is 268 g/mol. The zero-order chi connectivity index (χ0) is 14.7. The van der Waals surface area contributed by atoms with Gasteiger partial charge in [0.15, 0.2) is 0 Å². The molecule has 1 N–H and O–H groups in total. The minimum atomic E-state index is -0.785. The number of aliphatic hydroxyl groups is 1. The molecule has 0 saturated carbocycles. The maximum Gasteiger partial charge on any atom is 0.137 e. The van der Waals surface area contributed by atoms with Crippen LogP contribution in [0.15, 0.2) is 62.4 Å². The first kappa shape index (κ1) is 13.2. The number of aliphatic hydroxyl groups excluding tert-OH is 1. The van der Waals surface area contributed by atoms with Gasteiger partial charge < -0.3 is 5.11 Å². The molecule has 3 rings (SSSR count). The Bertz CT molecular complexity index is 690. The summed E-state index contributed by atoms with van der Waals surface area (Å²) in [5.74, 6) is 0.752. The lowest BCUT2D eigenvalue weighted by molar-refractivity contribution is 0.169. The molecule has 0 fully saturated rings. The minimum absolute atomic E-state index is 0.408. The van der Waals surface area contributed by atoms with Gasteiger partial charge in [0.05, 0.1) is 6.10 Å². The van der Waals surface area contributed by atoms with E-state index in [1.807, 2.05) is 18.3 Å². The smallest absolute Gasteiger partial charge is 0.137 e. The highest BCUT2D eigenvalue weighted by Crippen LogP contribution is 2.21. The Hall–Kier alpha value is -2.80. The lowest BCUT2D eigenvalue weighted by Gasteiger charge is -2.20. The third-order valence-corrected chi connectivity index (χ3v) is 3.17. The largest absolute Gasteiger partial charge is 0.386 e. The summed E-state index contributed by atoms with van der Waals surface area (Å²) < 4.78 is 3.39. The second-order valence-corrected chi connectivity index (χ2v) is 4.47. The highest BCUT2D eigenvalue weighted by molar-refractivity contribution is 5.28. The van der Waals surface area contributed by atoms with Crippen molar-refractivity contribution in [1.29, 1.82) is 0 Å². The molecule has 3 heterocycles. The van der Waals surface area contributed by atoms with Crippen LogP contribution in [0.1, 0.15) is 11.6 Å². The van der Waals surface area contributed by atoms with Crippen molar-refractivity contribution < 1.29 is 5.11 Å². The predicted molar refractivity (Wildman–Crippen MR) is 75.7 cm³/mol. The number of hydrogen-bond donors (Lipinski definition) is 1. The summed E-state index contributed by atoms with van der Waals surface area (Å²) in [6, 6.07) is 3.34. The zero-order valence-electron chi connectivity index (χ0n) is 11.2. The fourth-order valence-electron chi connectivity index (χ4n) is 2.12. The molecule has 106 valence electrons. The Morgan fingerprint density at radius 2 is 2.14 bits per heavy atom. The molecule has 7 heteroatoms. The van der Waals surface area contributed by atoms with Gasteiger partial charge in [0.25, 0.3) is 0 Å². The molecule has 0 aliphatic heterocycles. The van der Waals surface area contributed by atoms with Crippen LogP contribution in [0.25, 0.3) is 5.82 Å². The van der Waals surface area contributed by atoms with Crippen LogP contribution in [-0.2, 0) is 0 Å². The van der Waals surface area contributed by atoms with E-state index in [1.54, 1.807) is 34.3 Å². The highest BCUT2D eigenvalue weighted by Gasteiger charge is 2.21. The van der Waals surface area contributed by atoms with Crippen molar-refractivity contribution >= 4 is 0 Å². The summed E-state index contributed by atoms with van der Waals surface area (Å²) in [7, 11) is 0. The van der Waals surface area contributed by atoms with Crippen molar-refractivity contribution in [2.75, 3.05) is 0 Å². The number of hydrogen-bond acceptors (Lipinski definition) is 5. The molecule has 0 saturated heterocycles. The summed E-state index contributed by atoms with van der Waals surface area (Å²) in [6.45, 7) is 3.63. The van der Waals surface area contributed by atoms with Gasteiger partial charge in [-0.05, 0) is 11.6 Å². The van der Waals surface area contributed by atoms with Crippen molar-refractivity contribution in [3.8, 4) is 5.82 Å². The van der Waals surface area contributed by atoms with Gasteiger partial charge in [-0.25, -0.2) is 19.6 Å². The van der Waals surface area contributed by atoms with Gasteiger partial charge in [0.2, 0.25) is 0 Å². The fraction of sp³-hybridized carbons (Fsp3) is 0.143. The molecule has 2 atom stereocenters. The summed E-state index contributed by atoms with van der Waals surface area (Å²) in [6.07, 6.45) is 10.6. The molecule has 21 heavy (non-hydrogen) atoms. The van der Waals surface area contributed by atoms with Crippen LogP contribution in [0.5, 0.6) is 0 Å². The van der Waals surface area contributed by atoms with Crippen molar-refractivity contribution in [3.05, 3.63) is 67.9 Å². The summed E-state index contributed by atoms with van der Waals surface area (Å²) in [5.41, 5.74) is 0.816. The Labute approximate surface area is 121 Å². The second-order valence-electron chi connectivity index (χ2n) is 4.47. The van der Waals surface area contributed by atoms with Gasteiger partial charge in [-0.15, -0.1) is 6.58 Å². The van der Waals surface area contributed by atoms with E-state index in [0.29, 0.717) is 0 Å². The van der Waals surface area contributed by atoms with Gasteiger partial charge in [-0.3, -0.25) is 4.57 Å². The number of imidazole rings is 1. The summed E-state index contributed by atoms with van der Waals surface area (Å²) in [4.78, 5) is 12.3. The van der Waals surface area contributed by atoms with E-state index < -0.39 is 12.1 Å². The van der Waals surface area contributed by atoms with Crippen molar-refractivity contribution in [3.63, 3.8) is 0 Å². The molecule has 0 radical (unpaired) electrons. The van der Waals surface area contributed by atoms with Crippen LogP contribution < -0.4 is 0 Å².